The number of aromatic amines is 1. The number of anilines is 1. The number of methoxy groups -OCH3 is 1. The van der Waals surface area contributed by atoms with Crippen LogP contribution in [0.3, 0.4) is 0 Å². The smallest absolute Gasteiger partial charge is 0.242 e. The lowest BCUT2D eigenvalue weighted by atomic mass is 10.1. The van der Waals surface area contributed by atoms with Crippen LogP contribution in [0, 0.1) is 0 Å². The minimum Gasteiger partial charge on any atom is -0.383 e. The molecule has 3 aromatic rings. The molecule has 1 aromatic heterocycles. The van der Waals surface area contributed by atoms with Crippen LogP contribution in [0.15, 0.2) is 54.7 Å². The van der Waals surface area contributed by atoms with Gasteiger partial charge in [0.2, 0.25) is 11.8 Å². The fourth-order valence-electron chi connectivity index (χ4n) is 4.98. The number of rotatable bonds is 18. The summed E-state index contributed by atoms with van der Waals surface area (Å²) in [6.45, 7) is 4.18. The third-order valence-electron chi connectivity index (χ3n) is 7.49. The van der Waals surface area contributed by atoms with E-state index in [0.717, 1.165) is 42.5 Å². The van der Waals surface area contributed by atoms with E-state index in [1.807, 2.05) is 37.3 Å². The standard InChI is InChI=1S/C33H48N4O3/c1-5-6-7-8-9-10-15-32(38)37(22-23-40-4)26-33(39)36(25-27-16-18-29(19-17-27)35(2)3)21-20-28-24-34-31-14-12-11-13-30(28)31/h11-14,16-19,24,34H,5-10,15,20-23,25-26H2,1-4H3. The van der Waals surface area contributed by atoms with E-state index >= 15 is 0 Å². The Labute approximate surface area is 240 Å². The molecule has 0 atom stereocenters. The number of amides is 2. The number of carbonyl (C=O) groups is 2. The highest BCUT2D eigenvalue weighted by Crippen LogP contribution is 2.20. The summed E-state index contributed by atoms with van der Waals surface area (Å²) in [6.07, 6.45) is 10.00. The highest BCUT2D eigenvalue weighted by atomic mass is 16.5. The molecule has 0 radical (unpaired) electrons. The molecule has 0 saturated heterocycles. The van der Waals surface area contributed by atoms with Crippen LogP contribution in [0.2, 0.25) is 0 Å². The number of H-pyrrole nitrogens is 1. The summed E-state index contributed by atoms with van der Waals surface area (Å²) in [5, 5.41) is 1.18. The molecule has 0 bridgehead atoms. The monoisotopic (exact) mass is 548 g/mol. The van der Waals surface area contributed by atoms with Gasteiger partial charge >= 0.3 is 0 Å². The Hall–Kier alpha value is -3.32. The summed E-state index contributed by atoms with van der Waals surface area (Å²) < 4.78 is 5.27. The van der Waals surface area contributed by atoms with Crippen molar-refractivity contribution < 1.29 is 14.3 Å². The molecule has 40 heavy (non-hydrogen) atoms. The second kappa shape index (κ2) is 16.7. The van der Waals surface area contributed by atoms with Crippen molar-refractivity contribution in [2.24, 2.45) is 0 Å². The molecule has 2 aromatic carbocycles. The second-order valence-electron chi connectivity index (χ2n) is 10.8. The zero-order valence-electron chi connectivity index (χ0n) is 25.0. The maximum absolute atomic E-state index is 13.7. The average molecular weight is 549 g/mol. The second-order valence-corrected chi connectivity index (χ2v) is 10.8. The number of nitrogens with one attached hydrogen (secondary N) is 1. The molecule has 0 unspecified atom stereocenters. The number of benzene rings is 2. The van der Waals surface area contributed by atoms with Gasteiger partial charge in [-0.05, 0) is 42.2 Å². The highest BCUT2D eigenvalue weighted by Gasteiger charge is 2.22. The van der Waals surface area contributed by atoms with Crippen molar-refractivity contribution in [1.82, 2.24) is 14.8 Å². The van der Waals surface area contributed by atoms with E-state index in [-0.39, 0.29) is 18.4 Å². The average Bonchev–Trinajstić information content (AvgIpc) is 3.38. The molecular weight excluding hydrogens is 500 g/mol. The summed E-state index contributed by atoms with van der Waals surface area (Å²) in [5.41, 5.74) is 4.47. The van der Waals surface area contributed by atoms with Crippen molar-refractivity contribution in [3.05, 3.63) is 65.9 Å². The van der Waals surface area contributed by atoms with Crippen LogP contribution < -0.4 is 4.90 Å². The molecule has 0 spiro atoms. The largest absolute Gasteiger partial charge is 0.383 e. The third-order valence-corrected chi connectivity index (χ3v) is 7.49. The van der Waals surface area contributed by atoms with Crippen LogP contribution in [0.1, 0.15) is 63.0 Å². The molecule has 218 valence electrons. The lowest BCUT2D eigenvalue weighted by Gasteiger charge is -2.28. The van der Waals surface area contributed by atoms with Gasteiger partial charge in [-0.2, -0.15) is 0 Å². The fourth-order valence-corrected chi connectivity index (χ4v) is 4.98. The van der Waals surface area contributed by atoms with Crippen molar-refractivity contribution in [1.29, 1.82) is 0 Å². The number of ether oxygens (including phenoxy) is 1. The quantitative estimate of drug-likeness (QED) is 0.197. The van der Waals surface area contributed by atoms with Gasteiger partial charge in [0.1, 0.15) is 0 Å². The SMILES string of the molecule is CCCCCCCCC(=O)N(CCOC)CC(=O)N(CCc1c[nH]c2ccccc12)Cc1ccc(N(C)C)cc1. The van der Waals surface area contributed by atoms with Crippen molar-refractivity contribution in [3.63, 3.8) is 0 Å². The maximum Gasteiger partial charge on any atom is 0.242 e. The summed E-state index contributed by atoms with van der Waals surface area (Å²) in [6, 6.07) is 16.5. The molecule has 3 rings (SSSR count). The van der Waals surface area contributed by atoms with Crippen LogP contribution in [-0.4, -0.2) is 74.0 Å². The summed E-state index contributed by atoms with van der Waals surface area (Å²) >= 11 is 0. The van der Waals surface area contributed by atoms with Crippen LogP contribution in [0.4, 0.5) is 5.69 Å². The van der Waals surface area contributed by atoms with E-state index in [2.05, 4.69) is 53.2 Å². The Morgan fingerprint density at radius 3 is 2.30 bits per heavy atom. The predicted octanol–water partition coefficient (Wildman–Crippen LogP) is 6.03. The summed E-state index contributed by atoms with van der Waals surface area (Å²) in [5.74, 6) is -0.00303. The zero-order chi connectivity index (χ0) is 28.7. The summed E-state index contributed by atoms with van der Waals surface area (Å²) in [7, 11) is 5.66. The first-order valence-electron chi connectivity index (χ1n) is 14.8. The third kappa shape index (κ3) is 9.70. The van der Waals surface area contributed by atoms with Crippen LogP contribution >= 0.6 is 0 Å². The number of nitrogens with zero attached hydrogens (tertiary/aromatic N) is 3. The van der Waals surface area contributed by atoms with E-state index in [0.29, 0.717) is 32.7 Å². The van der Waals surface area contributed by atoms with E-state index in [1.165, 1.54) is 30.2 Å². The Bertz CT molecular complexity index is 1170. The molecule has 0 aliphatic rings. The summed E-state index contributed by atoms with van der Waals surface area (Å²) in [4.78, 5) is 35.9. The topological polar surface area (TPSA) is 68.9 Å². The normalized spacial score (nSPS) is 11.1. The van der Waals surface area contributed by atoms with Crippen molar-refractivity contribution in [2.45, 2.75) is 64.8 Å². The van der Waals surface area contributed by atoms with Crippen LogP contribution in [-0.2, 0) is 27.3 Å². The molecule has 0 aliphatic heterocycles. The minimum absolute atomic E-state index is 0.0350. The van der Waals surface area contributed by atoms with E-state index in [9.17, 15) is 9.59 Å². The van der Waals surface area contributed by atoms with Crippen LogP contribution in [0.25, 0.3) is 10.9 Å². The number of carbonyl (C=O) groups excluding carboxylic acids is 2. The molecule has 1 N–H and O–H groups in total. The van der Waals surface area contributed by atoms with Crippen molar-refractivity contribution >= 4 is 28.4 Å². The first kappa shape index (κ1) is 31.2. The number of hydrogen-bond acceptors (Lipinski definition) is 4. The van der Waals surface area contributed by atoms with Gasteiger partial charge in [-0.15, -0.1) is 0 Å². The number of unbranched alkanes of at least 4 members (excludes halogenated alkanes) is 5. The number of hydrogen-bond donors (Lipinski definition) is 1. The molecule has 0 aliphatic carbocycles. The molecule has 7 heteroatoms. The van der Waals surface area contributed by atoms with Gasteiger partial charge < -0.3 is 24.4 Å². The molecular formula is C33H48N4O3. The van der Waals surface area contributed by atoms with Gasteiger partial charge in [-0.3, -0.25) is 9.59 Å². The van der Waals surface area contributed by atoms with Gasteiger partial charge in [-0.25, -0.2) is 0 Å². The molecule has 0 fully saturated rings. The number of aromatic nitrogens is 1. The zero-order valence-corrected chi connectivity index (χ0v) is 25.0. The van der Waals surface area contributed by atoms with Crippen molar-refractivity contribution in [2.75, 3.05) is 52.3 Å². The van der Waals surface area contributed by atoms with E-state index in [4.69, 9.17) is 4.74 Å². The van der Waals surface area contributed by atoms with E-state index in [1.54, 1.807) is 12.0 Å². The maximum atomic E-state index is 13.7. The van der Waals surface area contributed by atoms with Crippen LogP contribution in [0.5, 0.6) is 0 Å². The highest BCUT2D eigenvalue weighted by molar-refractivity contribution is 5.85. The van der Waals surface area contributed by atoms with Gasteiger partial charge in [0.25, 0.3) is 0 Å². The first-order valence-corrected chi connectivity index (χ1v) is 14.8. The Morgan fingerprint density at radius 2 is 1.57 bits per heavy atom. The number of para-hydroxylation sites is 1. The van der Waals surface area contributed by atoms with E-state index < -0.39 is 0 Å². The molecule has 1 heterocycles. The Kier molecular flexibility index (Phi) is 13.0. The van der Waals surface area contributed by atoms with Gasteiger partial charge in [0.05, 0.1) is 13.2 Å². The fraction of sp³-hybridized carbons (Fsp3) is 0.515. The predicted molar refractivity (Wildman–Crippen MR) is 165 cm³/mol. The van der Waals surface area contributed by atoms with Gasteiger partial charge in [0, 0.05) is 70.0 Å². The lowest BCUT2D eigenvalue weighted by Crippen LogP contribution is -2.44. The lowest BCUT2D eigenvalue weighted by molar-refractivity contribution is -0.141. The van der Waals surface area contributed by atoms with Crippen molar-refractivity contribution in [3.8, 4) is 0 Å². The Morgan fingerprint density at radius 1 is 0.850 bits per heavy atom. The van der Waals surface area contributed by atoms with Gasteiger partial charge in [0.15, 0.2) is 0 Å². The molecule has 2 amide bonds. The molecule has 7 nitrogen and oxygen atoms in total. The minimum atomic E-state index is -0.0380. The molecule has 0 saturated carbocycles. The number of fused-ring (bicyclic) bond motifs is 1. The first-order chi connectivity index (χ1) is 19.4. The Balaban J connectivity index is 1.70. The van der Waals surface area contributed by atoms with Gasteiger partial charge in [-0.1, -0.05) is 69.4 Å².